The van der Waals surface area contributed by atoms with Crippen LogP contribution in [0.2, 0.25) is 0 Å². The van der Waals surface area contributed by atoms with Crippen molar-refractivity contribution in [3.8, 4) is 0 Å². The first-order chi connectivity index (χ1) is 11.3. The van der Waals surface area contributed by atoms with Crippen molar-refractivity contribution in [2.45, 2.75) is 46.2 Å². The molecule has 0 bridgehead atoms. The number of nitrogens with zero attached hydrogens (tertiary/aromatic N) is 1. The van der Waals surface area contributed by atoms with Gasteiger partial charge in [-0.05, 0) is 18.3 Å². The normalized spacial score (nSPS) is 18.3. The Balaban J connectivity index is 2.61. The lowest BCUT2D eigenvalue weighted by Crippen LogP contribution is -2.54. The third-order valence-electron chi connectivity index (χ3n) is 4.27. The molecule has 0 spiro atoms. The van der Waals surface area contributed by atoms with Crippen molar-refractivity contribution in [3.63, 3.8) is 0 Å². The molecule has 24 heavy (non-hydrogen) atoms. The second kappa shape index (κ2) is 10.5. The van der Waals surface area contributed by atoms with E-state index in [1.807, 2.05) is 13.8 Å². The monoisotopic (exact) mass is 343 g/mol. The predicted molar refractivity (Wildman–Crippen MR) is 92.8 cm³/mol. The molecule has 2 atom stereocenters. The Hall–Kier alpha value is -1.34. The number of carbonyl (C=O) groups excluding carboxylic acids is 2. The predicted octanol–water partition coefficient (Wildman–Crippen LogP) is 1.23. The van der Waals surface area contributed by atoms with Crippen LogP contribution in [0.3, 0.4) is 0 Å². The fourth-order valence-electron chi connectivity index (χ4n) is 2.93. The first kappa shape index (κ1) is 20.7. The Morgan fingerprint density at radius 1 is 1.17 bits per heavy atom. The van der Waals surface area contributed by atoms with Gasteiger partial charge in [0.2, 0.25) is 5.91 Å². The van der Waals surface area contributed by atoms with Gasteiger partial charge in [-0.1, -0.05) is 27.7 Å². The van der Waals surface area contributed by atoms with Crippen LogP contribution < -0.4 is 10.6 Å². The van der Waals surface area contributed by atoms with Gasteiger partial charge in [0.1, 0.15) is 6.04 Å². The molecule has 7 heteroatoms. The molecular weight excluding hydrogens is 310 g/mol. The van der Waals surface area contributed by atoms with Gasteiger partial charge in [-0.25, -0.2) is 4.79 Å². The molecule has 1 aliphatic rings. The quantitative estimate of drug-likeness (QED) is 0.693. The highest BCUT2D eigenvalue weighted by atomic mass is 16.5. The van der Waals surface area contributed by atoms with E-state index in [1.165, 1.54) is 7.11 Å². The summed E-state index contributed by atoms with van der Waals surface area (Å²) in [6.07, 6.45) is -0.00503. The second-order valence-corrected chi connectivity index (χ2v) is 7.02. The molecule has 0 aromatic rings. The van der Waals surface area contributed by atoms with Gasteiger partial charge >= 0.3 is 6.09 Å². The number of methoxy groups -OCH3 is 1. The van der Waals surface area contributed by atoms with Crippen molar-refractivity contribution in [3.05, 3.63) is 0 Å². The maximum atomic E-state index is 12.5. The molecule has 7 nitrogen and oxygen atoms in total. The van der Waals surface area contributed by atoms with Crippen molar-refractivity contribution < 1.29 is 19.1 Å². The SMILES string of the molecule is COC(=O)N[C@@H](CC(C)C)C(=O)NC[C@@H](C(C)C)N1CCOCC1. The summed E-state index contributed by atoms with van der Waals surface area (Å²) in [5.74, 6) is 0.548. The van der Waals surface area contributed by atoms with Gasteiger partial charge in [0, 0.05) is 25.7 Å². The smallest absolute Gasteiger partial charge is 0.407 e. The molecular formula is C17H33N3O4. The summed E-state index contributed by atoms with van der Waals surface area (Å²) in [7, 11) is 1.30. The second-order valence-electron chi connectivity index (χ2n) is 7.02. The molecule has 0 aromatic carbocycles. The zero-order valence-electron chi connectivity index (χ0n) is 15.6. The van der Waals surface area contributed by atoms with Gasteiger partial charge in [0.25, 0.3) is 0 Å². The molecule has 0 radical (unpaired) electrons. The van der Waals surface area contributed by atoms with E-state index in [-0.39, 0.29) is 17.9 Å². The van der Waals surface area contributed by atoms with Crippen LogP contribution in [0.25, 0.3) is 0 Å². The van der Waals surface area contributed by atoms with Crippen molar-refractivity contribution in [2.75, 3.05) is 40.0 Å². The van der Waals surface area contributed by atoms with E-state index in [0.29, 0.717) is 18.9 Å². The van der Waals surface area contributed by atoms with Crippen LogP contribution in [0.4, 0.5) is 4.79 Å². The number of rotatable bonds is 8. The molecule has 1 rings (SSSR count). The average Bonchev–Trinajstić information content (AvgIpc) is 2.54. The van der Waals surface area contributed by atoms with Crippen molar-refractivity contribution in [1.82, 2.24) is 15.5 Å². The zero-order chi connectivity index (χ0) is 18.1. The number of hydrogen-bond acceptors (Lipinski definition) is 5. The molecule has 2 N–H and O–H groups in total. The number of ether oxygens (including phenoxy) is 2. The molecule has 0 aliphatic carbocycles. The summed E-state index contributed by atoms with van der Waals surface area (Å²) < 4.78 is 10.0. The number of hydrogen-bond donors (Lipinski definition) is 2. The molecule has 0 aromatic heterocycles. The van der Waals surface area contributed by atoms with Crippen LogP contribution >= 0.6 is 0 Å². The standard InChI is InChI=1S/C17H33N3O4/c1-12(2)10-14(19-17(22)23-5)16(21)18-11-15(13(3)4)20-6-8-24-9-7-20/h12-15H,6-11H2,1-5H3,(H,18,21)(H,19,22)/t14-,15-/m0/s1. The van der Waals surface area contributed by atoms with Crippen LogP contribution in [0.1, 0.15) is 34.1 Å². The molecule has 1 aliphatic heterocycles. The van der Waals surface area contributed by atoms with E-state index in [4.69, 9.17) is 4.74 Å². The summed E-state index contributed by atoms with van der Waals surface area (Å²) in [4.78, 5) is 26.3. The molecule has 1 heterocycles. The van der Waals surface area contributed by atoms with Gasteiger partial charge in [-0.2, -0.15) is 0 Å². The fraction of sp³-hybridized carbons (Fsp3) is 0.882. The highest BCUT2D eigenvalue weighted by Gasteiger charge is 2.27. The lowest BCUT2D eigenvalue weighted by molar-refractivity contribution is -0.123. The summed E-state index contributed by atoms with van der Waals surface area (Å²) in [6, 6.07) is -0.314. The molecule has 2 amide bonds. The van der Waals surface area contributed by atoms with Crippen LogP contribution in [0.5, 0.6) is 0 Å². The largest absolute Gasteiger partial charge is 0.453 e. The van der Waals surface area contributed by atoms with E-state index in [1.54, 1.807) is 0 Å². The third kappa shape index (κ3) is 7.05. The minimum Gasteiger partial charge on any atom is -0.453 e. The Labute approximate surface area is 145 Å². The minimum absolute atomic E-state index is 0.159. The van der Waals surface area contributed by atoms with Gasteiger partial charge < -0.3 is 20.1 Å². The number of morpholine rings is 1. The highest BCUT2D eigenvalue weighted by Crippen LogP contribution is 2.13. The van der Waals surface area contributed by atoms with Crippen molar-refractivity contribution in [1.29, 1.82) is 0 Å². The Morgan fingerprint density at radius 2 is 1.79 bits per heavy atom. The molecule has 0 saturated carbocycles. The first-order valence-electron chi connectivity index (χ1n) is 8.79. The van der Waals surface area contributed by atoms with E-state index >= 15 is 0 Å². The molecule has 0 unspecified atom stereocenters. The summed E-state index contributed by atoms with van der Waals surface area (Å²) in [5.41, 5.74) is 0. The van der Waals surface area contributed by atoms with Crippen LogP contribution in [-0.2, 0) is 14.3 Å². The average molecular weight is 343 g/mol. The highest BCUT2D eigenvalue weighted by molar-refractivity contribution is 5.85. The van der Waals surface area contributed by atoms with Crippen molar-refractivity contribution >= 4 is 12.0 Å². The number of carbonyl (C=O) groups is 2. The number of amides is 2. The van der Waals surface area contributed by atoms with Crippen LogP contribution in [0, 0.1) is 11.8 Å². The summed E-state index contributed by atoms with van der Waals surface area (Å²) in [5, 5.41) is 5.63. The lowest BCUT2D eigenvalue weighted by atomic mass is 10.0. The van der Waals surface area contributed by atoms with Gasteiger partial charge in [0.05, 0.1) is 20.3 Å². The maximum absolute atomic E-state index is 12.5. The Kier molecular flexibility index (Phi) is 9.07. The molecule has 1 fully saturated rings. The topological polar surface area (TPSA) is 79.9 Å². The van der Waals surface area contributed by atoms with E-state index in [0.717, 1.165) is 26.3 Å². The molecule has 140 valence electrons. The number of nitrogens with one attached hydrogen (secondary N) is 2. The van der Waals surface area contributed by atoms with Crippen LogP contribution in [-0.4, -0.2) is 68.9 Å². The van der Waals surface area contributed by atoms with E-state index in [2.05, 4.69) is 34.1 Å². The van der Waals surface area contributed by atoms with Crippen LogP contribution in [0.15, 0.2) is 0 Å². The van der Waals surface area contributed by atoms with Crippen molar-refractivity contribution in [2.24, 2.45) is 11.8 Å². The third-order valence-corrected chi connectivity index (χ3v) is 4.27. The van der Waals surface area contributed by atoms with Gasteiger partial charge in [0.15, 0.2) is 0 Å². The fourth-order valence-corrected chi connectivity index (χ4v) is 2.93. The van der Waals surface area contributed by atoms with Gasteiger partial charge in [-0.3, -0.25) is 9.69 Å². The van der Waals surface area contributed by atoms with E-state index in [9.17, 15) is 9.59 Å². The van der Waals surface area contributed by atoms with E-state index < -0.39 is 12.1 Å². The Bertz CT molecular complexity index is 395. The molecule has 1 saturated heterocycles. The zero-order valence-corrected chi connectivity index (χ0v) is 15.6. The lowest BCUT2D eigenvalue weighted by Gasteiger charge is -2.37. The summed E-state index contributed by atoms with van der Waals surface area (Å²) >= 11 is 0. The number of alkyl carbamates (subject to hydrolysis) is 1. The minimum atomic E-state index is -0.579. The Morgan fingerprint density at radius 3 is 2.29 bits per heavy atom. The first-order valence-corrected chi connectivity index (χ1v) is 8.79. The maximum Gasteiger partial charge on any atom is 0.407 e. The summed E-state index contributed by atoms with van der Waals surface area (Å²) in [6.45, 7) is 12.1. The van der Waals surface area contributed by atoms with Gasteiger partial charge in [-0.15, -0.1) is 0 Å².